The van der Waals surface area contributed by atoms with Crippen molar-refractivity contribution in [2.24, 2.45) is 0 Å². The summed E-state index contributed by atoms with van der Waals surface area (Å²) < 4.78 is 27.4. The molecule has 2 amide bonds. The first-order chi connectivity index (χ1) is 12.4. The predicted molar refractivity (Wildman–Crippen MR) is 99.1 cm³/mol. The van der Waals surface area contributed by atoms with Gasteiger partial charge in [-0.25, -0.2) is 8.78 Å². The van der Waals surface area contributed by atoms with Crippen molar-refractivity contribution in [2.45, 2.75) is 17.5 Å². The smallest absolute Gasteiger partial charge is 0.263 e. The Kier molecular flexibility index (Phi) is 5.62. The molecule has 4 nitrogen and oxygen atoms in total. The zero-order valence-corrected chi connectivity index (χ0v) is 15.9. The Hall–Kier alpha value is -1.93. The van der Waals surface area contributed by atoms with Gasteiger partial charge in [-0.15, -0.1) is 23.1 Å². The van der Waals surface area contributed by atoms with Crippen LogP contribution in [0.3, 0.4) is 0 Å². The van der Waals surface area contributed by atoms with E-state index in [1.54, 1.807) is 35.9 Å². The van der Waals surface area contributed by atoms with Gasteiger partial charge >= 0.3 is 0 Å². The van der Waals surface area contributed by atoms with E-state index in [0.717, 1.165) is 6.07 Å². The lowest BCUT2D eigenvalue weighted by molar-refractivity contribution is -0.130. The molecule has 0 N–H and O–H groups in total. The zero-order chi connectivity index (χ0) is 18.8. The third-order valence-electron chi connectivity index (χ3n) is 4.23. The molecule has 2 atom stereocenters. The fourth-order valence-corrected chi connectivity index (χ4v) is 4.84. The number of likely N-dealkylation sites (N-methyl/N-ethyl adjacent to an activating group) is 1. The van der Waals surface area contributed by atoms with Crippen LogP contribution < -0.4 is 0 Å². The topological polar surface area (TPSA) is 40.6 Å². The van der Waals surface area contributed by atoms with Gasteiger partial charge in [0.1, 0.15) is 17.0 Å². The lowest BCUT2D eigenvalue weighted by atomic mass is 10.2. The molecule has 0 unspecified atom stereocenters. The van der Waals surface area contributed by atoms with Gasteiger partial charge in [0.15, 0.2) is 0 Å². The van der Waals surface area contributed by atoms with Gasteiger partial charge in [0.05, 0.1) is 10.1 Å². The molecule has 138 valence electrons. The van der Waals surface area contributed by atoms with Crippen molar-refractivity contribution >= 4 is 34.9 Å². The Morgan fingerprint density at radius 3 is 2.73 bits per heavy atom. The van der Waals surface area contributed by atoms with Crippen molar-refractivity contribution in [3.63, 3.8) is 0 Å². The third-order valence-corrected chi connectivity index (χ3v) is 6.46. The maximum absolute atomic E-state index is 14.2. The van der Waals surface area contributed by atoms with Crippen LogP contribution >= 0.6 is 23.1 Å². The number of nitrogens with zero attached hydrogens (tertiary/aromatic N) is 2. The van der Waals surface area contributed by atoms with Crippen molar-refractivity contribution in [3.8, 4) is 0 Å². The van der Waals surface area contributed by atoms with E-state index in [4.69, 9.17) is 0 Å². The summed E-state index contributed by atoms with van der Waals surface area (Å²) in [6, 6.07) is 6.95. The molecule has 1 aliphatic rings. The van der Waals surface area contributed by atoms with Crippen molar-refractivity contribution in [1.29, 1.82) is 0 Å². The number of amides is 2. The molecule has 2 aromatic rings. The van der Waals surface area contributed by atoms with Gasteiger partial charge in [-0.2, -0.15) is 0 Å². The van der Waals surface area contributed by atoms with Gasteiger partial charge in [-0.3, -0.25) is 9.59 Å². The monoisotopic (exact) mass is 396 g/mol. The fourth-order valence-electron chi connectivity index (χ4n) is 2.79. The molecular formula is C18H18F2N2O2S2. The number of halogens is 2. The summed E-state index contributed by atoms with van der Waals surface area (Å²) in [6.07, 6.45) is 0. The molecule has 0 aliphatic carbocycles. The van der Waals surface area contributed by atoms with E-state index in [0.29, 0.717) is 11.4 Å². The second-order valence-corrected chi connectivity index (χ2v) is 8.41. The van der Waals surface area contributed by atoms with Gasteiger partial charge in [0.2, 0.25) is 5.91 Å². The molecule has 1 aromatic heterocycles. The van der Waals surface area contributed by atoms with Crippen molar-refractivity contribution in [3.05, 3.63) is 57.8 Å². The average Bonchev–Trinajstić information content (AvgIpc) is 3.22. The second-order valence-electron chi connectivity index (χ2n) is 6.03. The minimum atomic E-state index is -0.669. The largest absolute Gasteiger partial charge is 0.339 e. The highest BCUT2D eigenvalue weighted by Gasteiger charge is 2.39. The van der Waals surface area contributed by atoms with Crippen molar-refractivity contribution in [2.75, 3.05) is 20.1 Å². The molecule has 8 heteroatoms. The minimum Gasteiger partial charge on any atom is -0.339 e. The first kappa shape index (κ1) is 18.8. The van der Waals surface area contributed by atoms with Crippen LogP contribution in [0.1, 0.15) is 27.5 Å². The first-order valence-electron chi connectivity index (χ1n) is 8.08. The van der Waals surface area contributed by atoms with Crippen LogP contribution in [0.25, 0.3) is 0 Å². The molecule has 0 radical (unpaired) electrons. The van der Waals surface area contributed by atoms with E-state index >= 15 is 0 Å². The van der Waals surface area contributed by atoms with Crippen LogP contribution in [-0.2, 0) is 4.79 Å². The Balaban J connectivity index is 1.73. The predicted octanol–water partition coefficient (Wildman–Crippen LogP) is 3.76. The summed E-state index contributed by atoms with van der Waals surface area (Å²) in [6.45, 7) is 2.38. The number of hydrogen-bond acceptors (Lipinski definition) is 4. The summed E-state index contributed by atoms with van der Waals surface area (Å²) in [4.78, 5) is 28.5. The van der Waals surface area contributed by atoms with Crippen LogP contribution in [0.5, 0.6) is 0 Å². The van der Waals surface area contributed by atoms with E-state index in [2.05, 4.69) is 0 Å². The molecular weight excluding hydrogens is 378 g/mol. The highest BCUT2D eigenvalue weighted by molar-refractivity contribution is 8.01. The van der Waals surface area contributed by atoms with Gasteiger partial charge in [0, 0.05) is 31.8 Å². The van der Waals surface area contributed by atoms with Crippen LogP contribution in [0.4, 0.5) is 8.78 Å². The van der Waals surface area contributed by atoms with Crippen LogP contribution in [0.2, 0.25) is 0 Å². The van der Waals surface area contributed by atoms with E-state index in [-0.39, 0.29) is 29.2 Å². The molecule has 1 aliphatic heterocycles. The molecule has 3 rings (SSSR count). The number of thiophene rings is 1. The highest BCUT2D eigenvalue weighted by Crippen LogP contribution is 2.43. The van der Waals surface area contributed by atoms with Crippen LogP contribution in [0.15, 0.2) is 35.7 Å². The van der Waals surface area contributed by atoms with E-state index < -0.39 is 17.0 Å². The lowest BCUT2D eigenvalue weighted by Gasteiger charge is -2.27. The zero-order valence-electron chi connectivity index (χ0n) is 14.3. The average molecular weight is 396 g/mol. The Morgan fingerprint density at radius 1 is 1.31 bits per heavy atom. The van der Waals surface area contributed by atoms with Crippen molar-refractivity contribution in [1.82, 2.24) is 9.80 Å². The van der Waals surface area contributed by atoms with Gasteiger partial charge in [-0.1, -0.05) is 12.1 Å². The summed E-state index contributed by atoms with van der Waals surface area (Å²) in [5.74, 6) is -1.54. The molecule has 26 heavy (non-hydrogen) atoms. The van der Waals surface area contributed by atoms with Crippen LogP contribution in [0, 0.1) is 11.6 Å². The SMILES string of the molecule is C[C@H]1S[C@H](c2ccc(F)cc2F)N(CCN(C)C(=O)c2cccs2)C1=O. The Morgan fingerprint density at radius 2 is 2.08 bits per heavy atom. The van der Waals surface area contributed by atoms with Gasteiger partial charge in [0.25, 0.3) is 5.91 Å². The molecule has 1 aromatic carbocycles. The van der Waals surface area contributed by atoms with E-state index in [1.807, 2.05) is 5.38 Å². The maximum atomic E-state index is 14.2. The number of carbonyl (C=O) groups is 2. The number of carbonyl (C=O) groups excluding carboxylic acids is 2. The van der Waals surface area contributed by atoms with Gasteiger partial charge in [-0.05, 0) is 24.4 Å². The normalized spacial score (nSPS) is 19.8. The second kappa shape index (κ2) is 7.75. The van der Waals surface area contributed by atoms with E-state index in [9.17, 15) is 18.4 Å². The van der Waals surface area contributed by atoms with Gasteiger partial charge < -0.3 is 9.80 Å². The lowest BCUT2D eigenvalue weighted by Crippen LogP contribution is -2.39. The van der Waals surface area contributed by atoms with Crippen molar-refractivity contribution < 1.29 is 18.4 Å². The summed E-state index contributed by atoms with van der Waals surface area (Å²) >= 11 is 2.68. The maximum Gasteiger partial charge on any atom is 0.263 e. The quantitative estimate of drug-likeness (QED) is 0.773. The summed E-state index contributed by atoms with van der Waals surface area (Å²) in [5.41, 5.74) is 0.279. The molecule has 0 spiro atoms. The number of hydrogen-bond donors (Lipinski definition) is 0. The molecule has 1 saturated heterocycles. The minimum absolute atomic E-state index is 0.110. The number of thioether (sulfide) groups is 1. The summed E-state index contributed by atoms with van der Waals surface area (Å²) in [5, 5.41) is 0.989. The third kappa shape index (κ3) is 3.76. The standard InChI is InChI=1S/C18H18F2N2O2S2/c1-11-16(23)22(8-7-21(2)17(24)15-4-3-9-25-15)18(26-11)13-6-5-12(19)10-14(13)20/h3-6,9-11,18H,7-8H2,1-2H3/t11-,18-/m1/s1. The number of rotatable bonds is 5. The van der Waals surface area contributed by atoms with Crippen LogP contribution in [-0.4, -0.2) is 47.0 Å². The molecule has 0 saturated carbocycles. The fraction of sp³-hybridized carbons (Fsp3) is 0.333. The Labute approximate surface area is 158 Å². The number of benzene rings is 1. The molecule has 2 heterocycles. The molecule has 0 bridgehead atoms. The van der Waals surface area contributed by atoms with E-state index in [1.165, 1.54) is 35.2 Å². The highest BCUT2D eigenvalue weighted by atomic mass is 32.2. The Bertz CT molecular complexity index is 814. The molecule has 1 fully saturated rings. The first-order valence-corrected chi connectivity index (χ1v) is 9.90. The summed E-state index contributed by atoms with van der Waals surface area (Å²) in [7, 11) is 1.67.